The van der Waals surface area contributed by atoms with Gasteiger partial charge in [-0.1, -0.05) is 25.9 Å². The molecule has 122 valence electrons. The molecule has 2 saturated carbocycles. The van der Waals surface area contributed by atoms with E-state index in [1.54, 1.807) is 24.5 Å². The van der Waals surface area contributed by atoms with Crippen molar-refractivity contribution >= 4 is 5.91 Å². The second-order valence-corrected chi connectivity index (χ2v) is 7.69. The van der Waals surface area contributed by atoms with Crippen LogP contribution in [0.5, 0.6) is 0 Å². The van der Waals surface area contributed by atoms with E-state index in [1.165, 1.54) is 12.8 Å². The van der Waals surface area contributed by atoms with Crippen LogP contribution in [0.4, 0.5) is 0 Å². The standard InChI is InChI=1S/C18H22N2O3/c1-17(2)11-6-7-18(17,3)15(9-11)19-16(21)12-10-14(23-20-12)13-5-4-8-22-13/h4-5,8,10-11,15H,6-7,9H2,1-3H3,(H,19,21). The number of aromatic nitrogens is 1. The molecule has 0 radical (unpaired) electrons. The highest BCUT2D eigenvalue weighted by molar-refractivity contribution is 5.93. The highest BCUT2D eigenvalue weighted by atomic mass is 16.5. The number of carbonyl (C=O) groups is 1. The molecule has 3 unspecified atom stereocenters. The zero-order valence-corrected chi connectivity index (χ0v) is 13.8. The lowest BCUT2D eigenvalue weighted by Crippen LogP contribution is -2.46. The summed E-state index contributed by atoms with van der Waals surface area (Å²) in [6.07, 6.45) is 5.06. The summed E-state index contributed by atoms with van der Waals surface area (Å²) >= 11 is 0. The zero-order valence-electron chi connectivity index (χ0n) is 13.8. The van der Waals surface area contributed by atoms with Crippen LogP contribution in [-0.4, -0.2) is 17.1 Å². The Morgan fingerprint density at radius 1 is 1.35 bits per heavy atom. The molecule has 0 saturated heterocycles. The molecule has 0 spiro atoms. The van der Waals surface area contributed by atoms with E-state index in [1.807, 2.05) is 0 Å². The zero-order chi connectivity index (χ0) is 16.2. The minimum absolute atomic E-state index is 0.154. The number of carbonyl (C=O) groups excluding carboxylic acids is 1. The van der Waals surface area contributed by atoms with Gasteiger partial charge >= 0.3 is 0 Å². The van der Waals surface area contributed by atoms with Gasteiger partial charge in [0.1, 0.15) is 0 Å². The molecule has 0 aromatic carbocycles. The van der Waals surface area contributed by atoms with E-state index in [0.717, 1.165) is 6.42 Å². The molecule has 3 atom stereocenters. The minimum Gasteiger partial charge on any atom is -0.461 e. The Balaban J connectivity index is 1.51. The van der Waals surface area contributed by atoms with Crippen LogP contribution >= 0.6 is 0 Å². The monoisotopic (exact) mass is 314 g/mol. The number of fused-ring (bicyclic) bond motifs is 2. The molecule has 2 aliphatic carbocycles. The molecule has 0 aliphatic heterocycles. The number of rotatable bonds is 3. The lowest BCUT2D eigenvalue weighted by molar-refractivity contribution is 0.0818. The number of nitrogens with zero attached hydrogens (tertiary/aromatic N) is 1. The lowest BCUT2D eigenvalue weighted by Gasteiger charge is -2.39. The van der Waals surface area contributed by atoms with Crippen LogP contribution in [0, 0.1) is 16.7 Å². The van der Waals surface area contributed by atoms with Crippen LogP contribution in [-0.2, 0) is 0 Å². The molecule has 2 aliphatic rings. The summed E-state index contributed by atoms with van der Waals surface area (Å²) in [5, 5.41) is 7.08. The van der Waals surface area contributed by atoms with Gasteiger partial charge in [-0.3, -0.25) is 4.79 Å². The smallest absolute Gasteiger partial charge is 0.273 e. The fourth-order valence-corrected chi connectivity index (χ4v) is 4.57. The van der Waals surface area contributed by atoms with Crippen LogP contribution < -0.4 is 5.32 Å². The molecule has 2 bridgehead atoms. The highest BCUT2D eigenvalue weighted by Crippen LogP contribution is 2.65. The largest absolute Gasteiger partial charge is 0.461 e. The first kappa shape index (κ1) is 14.5. The normalized spacial score (nSPS) is 31.4. The fourth-order valence-electron chi connectivity index (χ4n) is 4.57. The average Bonchev–Trinajstić information content (AvgIpc) is 3.25. The second-order valence-electron chi connectivity index (χ2n) is 7.69. The second kappa shape index (κ2) is 4.73. The molecule has 1 amide bonds. The van der Waals surface area contributed by atoms with E-state index < -0.39 is 0 Å². The van der Waals surface area contributed by atoms with E-state index in [0.29, 0.717) is 23.1 Å². The van der Waals surface area contributed by atoms with Crippen LogP contribution in [0.25, 0.3) is 11.5 Å². The number of hydrogen-bond donors (Lipinski definition) is 1. The Bertz CT molecular complexity index is 731. The van der Waals surface area contributed by atoms with Crippen molar-refractivity contribution in [2.24, 2.45) is 16.7 Å². The molecule has 1 N–H and O–H groups in total. The van der Waals surface area contributed by atoms with Crippen molar-refractivity contribution in [3.05, 3.63) is 30.2 Å². The number of hydrogen-bond acceptors (Lipinski definition) is 4. The summed E-state index contributed by atoms with van der Waals surface area (Å²) in [4.78, 5) is 12.5. The highest BCUT2D eigenvalue weighted by Gasteiger charge is 2.61. The van der Waals surface area contributed by atoms with Gasteiger partial charge in [-0.2, -0.15) is 0 Å². The molecule has 4 rings (SSSR count). The van der Waals surface area contributed by atoms with E-state index in [-0.39, 0.29) is 22.8 Å². The third-order valence-corrected chi connectivity index (χ3v) is 6.61. The fraction of sp³-hybridized carbons (Fsp3) is 0.556. The van der Waals surface area contributed by atoms with Crippen molar-refractivity contribution in [3.63, 3.8) is 0 Å². The van der Waals surface area contributed by atoms with Crippen molar-refractivity contribution in [2.45, 2.75) is 46.1 Å². The lowest BCUT2D eigenvalue weighted by atomic mass is 9.69. The third-order valence-electron chi connectivity index (χ3n) is 6.61. The van der Waals surface area contributed by atoms with Gasteiger partial charge in [0.05, 0.1) is 6.26 Å². The predicted octanol–water partition coefficient (Wildman–Crippen LogP) is 3.88. The minimum atomic E-state index is -0.166. The summed E-state index contributed by atoms with van der Waals surface area (Å²) in [7, 11) is 0. The maximum Gasteiger partial charge on any atom is 0.273 e. The summed E-state index contributed by atoms with van der Waals surface area (Å²) < 4.78 is 10.5. The Hall–Kier alpha value is -2.04. The van der Waals surface area contributed by atoms with Crippen molar-refractivity contribution in [2.75, 3.05) is 0 Å². The Morgan fingerprint density at radius 2 is 2.17 bits per heavy atom. The van der Waals surface area contributed by atoms with Gasteiger partial charge in [-0.25, -0.2) is 0 Å². The molecule has 2 aromatic rings. The van der Waals surface area contributed by atoms with Gasteiger partial charge in [0, 0.05) is 12.1 Å². The molecule has 5 heteroatoms. The van der Waals surface area contributed by atoms with Crippen LogP contribution in [0.1, 0.15) is 50.5 Å². The van der Waals surface area contributed by atoms with Crippen LogP contribution in [0.15, 0.2) is 33.4 Å². The van der Waals surface area contributed by atoms with Crippen molar-refractivity contribution in [3.8, 4) is 11.5 Å². The van der Waals surface area contributed by atoms with Gasteiger partial charge in [0.2, 0.25) is 5.76 Å². The van der Waals surface area contributed by atoms with Crippen molar-refractivity contribution in [1.29, 1.82) is 0 Å². The van der Waals surface area contributed by atoms with Gasteiger partial charge in [0.25, 0.3) is 5.91 Å². The van der Waals surface area contributed by atoms with E-state index >= 15 is 0 Å². The van der Waals surface area contributed by atoms with Crippen LogP contribution in [0.2, 0.25) is 0 Å². The van der Waals surface area contributed by atoms with E-state index in [4.69, 9.17) is 8.94 Å². The number of furan rings is 1. The van der Waals surface area contributed by atoms with E-state index in [2.05, 4.69) is 31.2 Å². The molecule has 5 nitrogen and oxygen atoms in total. The average molecular weight is 314 g/mol. The third kappa shape index (κ3) is 1.98. The topological polar surface area (TPSA) is 68.3 Å². The first-order valence-electron chi connectivity index (χ1n) is 8.23. The molecule has 23 heavy (non-hydrogen) atoms. The van der Waals surface area contributed by atoms with Gasteiger partial charge in [-0.05, 0) is 48.1 Å². The number of amides is 1. The maximum absolute atomic E-state index is 12.5. The summed E-state index contributed by atoms with van der Waals surface area (Å²) in [5.74, 6) is 1.57. The number of nitrogens with one attached hydrogen (secondary N) is 1. The van der Waals surface area contributed by atoms with Crippen molar-refractivity contribution < 1.29 is 13.7 Å². The van der Waals surface area contributed by atoms with Gasteiger partial charge in [0.15, 0.2) is 11.5 Å². The van der Waals surface area contributed by atoms with Crippen molar-refractivity contribution in [1.82, 2.24) is 10.5 Å². The quantitative estimate of drug-likeness (QED) is 0.933. The predicted molar refractivity (Wildman–Crippen MR) is 84.7 cm³/mol. The first-order chi connectivity index (χ1) is 10.9. The molecule has 2 aromatic heterocycles. The van der Waals surface area contributed by atoms with Crippen LogP contribution in [0.3, 0.4) is 0 Å². The molecular formula is C18H22N2O3. The molecular weight excluding hydrogens is 292 g/mol. The summed E-state index contributed by atoms with van der Waals surface area (Å²) in [6.45, 7) is 6.98. The first-order valence-corrected chi connectivity index (χ1v) is 8.23. The SMILES string of the molecule is CC1(C)C2CCC1(C)C(NC(=O)c1cc(-c3ccco3)on1)C2. The van der Waals surface area contributed by atoms with Gasteiger partial charge < -0.3 is 14.3 Å². The maximum atomic E-state index is 12.5. The van der Waals surface area contributed by atoms with Gasteiger partial charge in [-0.15, -0.1) is 0 Å². The molecule has 2 fully saturated rings. The summed E-state index contributed by atoms with van der Waals surface area (Å²) in [5.41, 5.74) is 0.732. The summed E-state index contributed by atoms with van der Waals surface area (Å²) in [6, 6.07) is 5.39. The Kier molecular flexibility index (Phi) is 2.99. The molecule has 2 heterocycles. The Morgan fingerprint density at radius 3 is 2.78 bits per heavy atom. The Labute approximate surface area is 135 Å². The van der Waals surface area contributed by atoms with E-state index in [9.17, 15) is 4.79 Å².